The molecule has 1 saturated heterocycles. The summed E-state index contributed by atoms with van der Waals surface area (Å²) in [6, 6.07) is 7.65. The molecule has 0 radical (unpaired) electrons. The summed E-state index contributed by atoms with van der Waals surface area (Å²) in [5, 5.41) is 0. The zero-order chi connectivity index (χ0) is 16.0. The molecular weight excluding hydrogens is 344 g/mol. The standard InChI is InChI=1S/C18H21BrO3/c1-17(2)14(12-6-8-13(19)9-7-12)22-16(21)18(15(17)20)10-4-3-5-11-18/h6-9,14H,3-5,10-11H2,1-2H3/t14-/m1/s1. The Morgan fingerprint density at radius 1 is 1.05 bits per heavy atom. The first-order valence-corrected chi connectivity index (χ1v) is 8.69. The summed E-state index contributed by atoms with van der Waals surface area (Å²) in [5.41, 5.74) is -0.715. The van der Waals surface area contributed by atoms with Crippen LogP contribution in [0.3, 0.4) is 0 Å². The van der Waals surface area contributed by atoms with Gasteiger partial charge >= 0.3 is 5.97 Å². The van der Waals surface area contributed by atoms with E-state index in [4.69, 9.17) is 4.74 Å². The third-order valence-electron chi connectivity index (χ3n) is 5.17. The second kappa shape index (κ2) is 5.48. The number of benzene rings is 1. The molecule has 0 bridgehead atoms. The molecule has 0 aromatic heterocycles. The van der Waals surface area contributed by atoms with Crippen molar-refractivity contribution in [3.05, 3.63) is 34.3 Å². The van der Waals surface area contributed by atoms with Gasteiger partial charge in [-0.25, -0.2) is 0 Å². The molecule has 118 valence electrons. The Morgan fingerprint density at radius 2 is 1.64 bits per heavy atom. The molecule has 1 aromatic carbocycles. The van der Waals surface area contributed by atoms with Gasteiger partial charge in [-0.1, -0.05) is 47.3 Å². The molecule has 0 N–H and O–H groups in total. The van der Waals surface area contributed by atoms with E-state index in [2.05, 4.69) is 15.9 Å². The minimum Gasteiger partial charge on any atom is -0.456 e. The fourth-order valence-electron chi connectivity index (χ4n) is 3.90. The van der Waals surface area contributed by atoms with Crippen LogP contribution in [0.15, 0.2) is 28.7 Å². The number of Topliss-reactive ketones (excluding diaryl/α,β-unsaturated/α-hetero) is 1. The van der Waals surface area contributed by atoms with Gasteiger partial charge in [-0.15, -0.1) is 0 Å². The molecule has 3 rings (SSSR count). The Balaban J connectivity index is 1.98. The Labute approximate surface area is 139 Å². The summed E-state index contributed by atoms with van der Waals surface area (Å²) in [6.07, 6.45) is 3.73. The lowest BCUT2D eigenvalue weighted by molar-refractivity contribution is -0.192. The zero-order valence-electron chi connectivity index (χ0n) is 13.0. The van der Waals surface area contributed by atoms with Gasteiger partial charge in [0.2, 0.25) is 0 Å². The molecule has 2 fully saturated rings. The van der Waals surface area contributed by atoms with Crippen molar-refractivity contribution in [2.24, 2.45) is 10.8 Å². The van der Waals surface area contributed by atoms with Crippen molar-refractivity contribution in [1.29, 1.82) is 0 Å². The molecule has 0 unspecified atom stereocenters. The first-order chi connectivity index (χ1) is 10.4. The molecule has 22 heavy (non-hydrogen) atoms. The number of ether oxygens (including phenoxy) is 1. The first kappa shape index (κ1) is 15.7. The molecule has 0 amide bonds. The summed E-state index contributed by atoms with van der Waals surface area (Å²) in [7, 11) is 0. The van der Waals surface area contributed by atoms with Gasteiger partial charge in [0, 0.05) is 4.47 Å². The van der Waals surface area contributed by atoms with E-state index in [-0.39, 0.29) is 11.8 Å². The number of carbonyl (C=O) groups excluding carboxylic acids is 2. The Bertz CT molecular complexity index is 597. The number of carbonyl (C=O) groups is 2. The van der Waals surface area contributed by atoms with E-state index in [0.29, 0.717) is 12.8 Å². The summed E-state index contributed by atoms with van der Waals surface area (Å²) in [6.45, 7) is 3.82. The van der Waals surface area contributed by atoms with Gasteiger partial charge in [-0.3, -0.25) is 9.59 Å². The van der Waals surface area contributed by atoms with Crippen LogP contribution in [0.2, 0.25) is 0 Å². The molecule has 3 nitrogen and oxygen atoms in total. The molecule has 1 atom stereocenters. The van der Waals surface area contributed by atoms with E-state index in [0.717, 1.165) is 29.3 Å². The molecular formula is C18H21BrO3. The summed E-state index contributed by atoms with van der Waals surface area (Å²) in [5.74, 6) is -0.256. The van der Waals surface area contributed by atoms with Crippen molar-refractivity contribution in [3.63, 3.8) is 0 Å². The van der Waals surface area contributed by atoms with E-state index in [1.807, 2.05) is 38.1 Å². The van der Waals surface area contributed by atoms with Crippen LogP contribution in [0.25, 0.3) is 0 Å². The Hall–Kier alpha value is -1.16. The molecule has 1 aliphatic heterocycles. The van der Waals surface area contributed by atoms with Gasteiger partial charge in [0.1, 0.15) is 11.5 Å². The monoisotopic (exact) mass is 364 g/mol. The van der Waals surface area contributed by atoms with E-state index in [1.165, 1.54) is 0 Å². The van der Waals surface area contributed by atoms with Crippen molar-refractivity contribution in [2.75, 3.05) is 0 Å². The minimum atomic E-state index is -0.895. The second-order valence-electron chi connectivity index (χ2n) is 7.03. The van der Waals surface area contributed by atoms with Crippen molar-refractivity contribution in [3.8, 4) is 0 Å². The van der Waals surface area contributed by atoms with E-state index >= 15 is 0 Å². The number of halogens is 1. The summed E-state index contributed by atoms with van der Waals surface area (Å²) >= 11 is 3.40. The Kier molecular flexibility index (Phi) is 3.92. The maximum Gasteiger partial charge on any atom is 0.320 e. The second-order valence-corrected chi connectivity index (χ2v) is 7.95. The molecule has 1 aromatic rings. The van der Waals surface area contributed by atoms with Gasteiger partial charge in [-0.2, -0.15) is 0 Å². The smallest absolute Gasteiger partial charge is 0.320 e. The number of cyclic esters (lactones) is 1. The molecule has 1 saturated carbocycles. The van der Waals surface area contributed by atoms with Gasteiger partial charge < -0.3 is 4.74 Å². The van der Waals surface area contributed by atoms with Crippen molar-refractivity contribution in [2.45, 2.75) is 52.1 Å². The number of ketones is 1. The van der Waals surface area contributed by atoms with Gasteiger partial charge in [0.05, 0.1) is 5.41 Å². The lowest BCUT2D eigenvalue weighted by atomic mass is 9.60. The fourth-order valence-corrected chi connectivity index (χ4v) is 4.17. The first-order valence-electron chi connectivity index (χ1n) is 7.89. The number of hydrogen-bond donors (Lipinski definition) is 0. The molecule has 2 aliphatic rings. The molecule has 4 heteroatoms. The van der Waals surface area contributed by atoms with E-state index in [1.54, 1.807) is 0 Å². The number of hydrogen-bond acceptors (Lipinski definition) is 3. The van der Waals surface area contributed by atoms with Crippen molar-refractivity contribution < 1.29 is 14.3 Å². The maximum atomic E-state index is 13.2. The van der Waals surface area contributed by atoms with Crippen LogP contribution in [-0.2, 0) is 14.3 Å². The molecule has 1 spiro atoms. The van der Waals surface area contributed by atoms with Crippen LogP contribution in [0, 0.1) is 10.8 Å². The number of rotatable bonds is 1. The van der Waals surface area contributed by atoms with E-state index in [9.17, 15) is 9.59 Å². The molecule has 1 aliphatic carbocycles. The van der Waals surface area contributed by atoms with Crippen LogP contribution >= 0.6 is 15.9 Å². The lowest BCUT2D eigenvalue weighted by Gasteiger charge is -2.47. The average Bonchev–Trinajstić information content (AvgIpc) is 2.52. The summed E-state index contributed by atoms with van der Waals surface area (Å²) < 4.78 is 6.78. The van der Waals surface area contributed by atoms with Gasteiger partial charge in [0.15, 0.2) is 5.78 Å². The van der Waals surface area contributed by atoms with Crippen LogP contribution in [0.1, 0.15) is 57.6 Å². The van der Waals surface area contributed by atoms with Gasteiger partial charge in [-0.05, 0) is 44.4 Å². The van der Waals surface area contributed by atoms with Crippen LogP contribution in [-0.4, -0.2) is 11.8 Å². The quantitative estimate of drug-likeness (QED) is 0.540. The highest BCUT2D eigenvalue weighted by atomic mass is 79.9. The summed E-state index contributed by atoms with van der Waals surface area (Å²) in [4.78, 5) is 25.8. The normalized spacial score (nSPS) is 26.8. The van der Waals surface area contributed by atoms with Crippen LogP contribution in [0.5, 0.6) is 0 Å². The number of esters is 1. The van der Waals surface area contributed by atoms with Crippen LogP contribution in [0.4, 0.5) is 0 Å². The van der Waals surface area contributed by atoms with Crippen molar-refractivity contribution in [1.82, 2.24) is 0 Å². The third-order valence-corrected chi connectivity index (χ3v) is 5.70. The van der Waals surface area contributed by atoms with Gasteiger partial charge in [0.25, 0.3) is 0 Å². The third kappa shape index (κ3) is 2.32. The van der Waals surface area contributed by atoms with Crippen LogP contribution < -0.4 is 0 Å². The fraction of sp³-hybridized carbons (Fsp3) is 0.556. The largest absolute Gasteiger partial charge is 0.456 e. The predicted octanol–water partition coefficient (Wildman–Crippen LogP) is 4.59. The van der Waals surface area contributed by atoms with E-state index < -0.39 is 16.9 Å². The molecule has 1 heterocycles. The topological polar surface area (TPSA) is 43.4 Å². The predicted molar refractivity (Wildman–Crippen MR) is 87.3 cm³/mol. The SMILES string of the molecule is CC1(C)C(=O)C2(CCCCC2)C(=O)O[C@@H]1c1ccc(Br)cc1. The minimum absolute atomic E-state index is 0.0591. The highest BCUT2D eigenvalue weighted by molar-refractivity contribution is 9.10. The average molecular weight is 365 g/mol. The highest BCUT2D eigenvalue weighted by Gasteiger charge is 2.60. The zero-order valence-corrected chi connectivity index (χ0v) is 14.6. The highest BCUT2D eigenvalue weighted by Crippen LogP contribution is 2.53. The van der Waals surface area contributed by atoms with Crippen molar-refractivity contribution >= 4 is 27.7 Å². The lowest BCUT2D eigenvalue weighted by Crippen LogP contribution is -2.55. The maximum absolute atomic E-state index is 13.2. The Morgan fingerprint density at radius 3 is 2.23 bits per heavy atom.